The number of carbonyl (C=O) groups is 1. The first-order chi connectivity index (χ1) is 5.93. The van der Waals surface area contributed by atoms with Gasteiger partial charge < -0.3 is 10.0 Å². The van der Waals surface area contributed by atoms with Crippen LogP contribution in [-0.2, 0) is 4.79 Å². The molecule has 0 atom stereocenters. The third-order valence-corrected chi connectivity index (χ3v) is 2.39. The van der Waals surface area contributed by atoms with Crippen molar-refractivity contribution in [3.05, 3.63) is 0 Å². The Morgan fingerprint density at radius 1 is 1.54 bits per heavy atom. The number of carbonyl (C=O) groups excluding carboxylic acids is 1. The molecule has 0 aliphatic heterocycles. The summed E-state index contributed by atoms with van der Waals surface area (Å²) in [7, 11) is 1.80. The van der Waals surface area contributed by atoms with Crippen molar-refractivity contribution in [1.29, 1.82) is 0 Å². The molecule has 0 aromatic rings. The van der Waals surface area contributed by atoms with Gasteiger partial charge in [-0.05, 0) is 12.8 Å². The summed E-state index contributed by atoms with van der Waals surface area (Å²) in [5.41, 5.74) is 0. The van der Waals surface area contributed by atoms with Crippen LogP contribution in [0.4, 0.5) is 0 Å². The maximum absolute atomic E-state index is 11.4. The molecule has 0 saturated carbocycles. The average molecular weight is 205 g/mol. The van der Waals surface area contributed by atoms with Crippen LogP contribution in [0.1, 0.15) is 20.8 Å². The molecule has 3 nitrogen and oxygen atoms in total. The molecule has 0 aromatic heterocycles. The molecule has 0 spiro atoms. The molecule has 4 heteroatoms. The predicted octanol–water partition coefficient (Wildman–Crippen LogP) is 1.27. The minimum absolute atomic E-state index is 0.0868. The molecule has 0 aliphatic rings. The van der Waals surface area contributed by atoms with Crippen molar-refractivity contribution in [3.63, 3.8) is 0 Å². The zero-order chi connectivity index (χ0) is 10.4. The number of rotatable bonds is 4. The van der Waals surface area contributed by atoms with Gasteiger partial charge in [-0.15, -0.1) is 0 Å². The number of amides is 1. The van der Waals surface area contributed by atoms with Crippen LogP contribution in [0, 0.1) is 5.92 Å². The Bertz CT molecular complexity index is 198. The Morgan fingerprint density at radius 2 is 2.08 bits per heavy atom. The highest BCUT2D eigenvalue weighted by atomic mass is 32.1. The van der Waals surface area contributed by atoms with Crippen molar-refractivity contribution in [2.75, 3.05) is 19.3 Å². The molecule has 0 unspecified atom stereocenters. The van der Waals surface area contributed by atoms with Crippen molar-refractivity contribution in [1.82, 2.24) is 4.90 Å². The maximum atomic E-state index is 11.4. The Hall–Kier alpha value is -0.350. The molecule has 0 aliphatic carbocycles. The lowest BCUT2D eigenvalue weighted by molar-refractivity contribution is -0.127. The van der Waals surface area contributed by atoms with Crippen LogP contribution < -0.4 is 0 Å². The summed E-state index contributed by atoms with van der Waals surface area (Å²) in [4.78, 5) is 13.1. The molecule has 0 radical (unpaired) electrons. The first-order valence-corrected chi connectivity index (χ1v) is 5.45. The van der Waals surface area contributed by atoms with E-state index in [-0.39, 0.29) is 5.91 Å². The van der Waals surface area contributed by atoms with Crippen LogP contribution in [0.5, 0.6) is 0 Å². The van der Waals surface area contributed by atoms with E-state index in [4.69, 9.17) is 5.11 Å². The maximum Gasteiger partial charge on any atom is 0.231 e. The standard InChI is InChI=1S/C9H19NO2S/c1-7(2)5-10(4)9(12)6-13-8(3)11/h7,11,13H,5-6H2,1-4H3. The lowest BCUT2D eigenvalue weighted by Crippen LogP contribution is -2.31. The molecule has 0 saturated heterocycles. The van der Waals surface area contributed by atoms with Gasteiger partial charge >= 0.3 is 0 Å². The molecule has 0 aromatic carbocycles. The van der Waals surface area contributed by atoms with Crippen molar-refractivity contribution >= 4 is 22.3 Å². The Kier molecular flexibility index (Phi) is 5.99. The molecule has 78 valence electrons. The SMILES string of the molecule is CC(O)=[SH]CC(=O)N(C)CC(C)C. The van der Waals surface area contributed by atoms with Gasteiger partial charge in [0.05, 0.1) is 10.8 Å². The molecule has 0 fully saturated rings. The molecule has 0 bridgehead atoms. The molecule has 1 N–H and O–H groups in total. The highest BCUT2D eigenvalue weighted by molar-refractivity contribution is 7.99. The van der Waals surface area contributed by atoms with Crippen molar-refractivity contribution in [3.8, 4) is 0 Å². The Balaban J connectivity index is 3.90. The molecule has 13 heavy (non-hydrogen) atoms. The molecule has 1 amide bonds. The van der Waals surface area contributed by atoms with Crippen molar-refractivity contribution < 1.29 is 9.90 Å². The van der Waals surface area contributed by atoms with Gasteiger partial charge in [-0.25, -0.2) is 0 Å². The van der Waals surface area contributed by atoms with Gasteiger partial charge in [0.1, 0.15) is 0 Å². The number of aliphatic hydroxyl groups is 1. The van der Waals surface area contributed by atoms with E-state index in [2.05, 4.69) is 13.8 Å². The quantitative estimate of drug-likeness (QED) is 0.536. The van der Waals surface area contributed by atoms with E-state index in [1.165, 1.54) is 0 Å². The van der Waals surface area contributed by atoms with Gasteiger partial charge in [0.15, 0.2) is 0 Å². The van der Waals surface area contributed by atoms with Crippen LogP contribution in [-0.4, -0.2) is 40.3 Å². The minimum Gasteiger partial charge on any atom is -0.360 e. The van der Waals surface area contributed by atoms with E-state index in [0.717, 1.165) is 6.54 Å². The number of nitrogens with zero attached hydrogens (tertiary/aromatic N) is 1. The van der Waals surface area contributed by atoms with Crippen molar-refractivity contribution in [2.45, 2.75) is 20.8 Å². The summed E-state index contributed by atoms with van der Waals surface area (Å²) in [5, 5.41) is 9.20. The van der Waals surface area contributed by atoms with Gasteiger partial charge in [-0.2, -0.15) is 11.4 Å². The van der Waals surface area contributed by atoms with Crippen LogP contribution in [0.25, 0.3) is 0 Å². The second-order valence-electron chi connectivity index (χ2n) is 3.53. The summed E-state index contributed by atoms with van der Waals surface area (Å²) >= 11 is 0.708. The highest BCUT2D eigenvalue weighted by Crippen LogP contribution is 1.99. The van der Waals surface area contributed by atoms with E-state index in [1.807, 2.05) is 0 Å². The van der Waals surface area contributed by atoms with Gasteiger partial charge in [-0.1, -0.05) is 13.8 Å². The van der Waals surface area contributed by atoms with E-state index in [1.54, 1.807) is 18.9 Å². The molecular formula is C9H19NO2S. The zero-order valence-corrected chi connectivity index (χ0v) is 9.64. The topological polar surface area (TPSA) is 40.5 Å². The van der Waals surface area contributed by atoms with Gasteiger partial charge in [0.25, 0.3) is 0 Å². The summed E-state index contributed by atoms with van der Waals surface area (Å²) in [6, 6.07) is 0. The first kappa shape index (κ1) is 12.7. The monoisotopic (exact) mass is 205 g/mol. The number of hydrogen-bond donors (Lipinski definition) is 2. The smallest absolute Gasteiger partial charge is 0.231 e. The summed E-state index contributed by atoms with van der Waals surface area (Å²) in [6.07, 6.45) is 0. The Labute approximate surface area is 83.7 Å². The van der Waals surface area contributed by atoms with Crippen molar-refractivity contribution in [2.24, 2.45) is 5.92 Å². The minimum atomic E-state index is 0.0868. The summed E-state index contributed by atoms with van der Waals surface area (Å²) in [6.45, 7) is 6.53. The normalized spacial score (nSPS) is 12.6. The van der Waals surface area contributed by atoms with Gasteiger partial charge in [-0.3, -0.25) is 4.79 Å². The second-order valence-corrected chi connectivity index (χ2v) is 4.81. The summed E-state index contributed by atoms with van der Waals surface area (Å²) in [5.74, 6) is 0.958. The Morgan fingerprint density at radius 3 is 2.46 bits per heavy atom. The fourth-order valence-corrected chi connectivity index (χ4v) is 1.56. The van der Waals surface area contributed by atoms with E-state index >= 15 is 0 Å². The van der Waals surface area contributed by atoms with E-state index < -0.39 is 0 Å². The molecule has 0 rings (SSSR count). The lowest BCUT2D eigenvalue weighted by Gasteiger charge is -2.18. The highest BCUT2D eigenvalue weighted by Gasteiger charge is 2.07. The number of aliphatic hydroxyl groups excluding tert-OH is 1. The fourth-order valence-electron chi connectivity index (χ4n) is 0.952. The van der Waals surface area contributed by atoms with E-state index in [0.29, 0.717) is 28.1 Å². The molecule has 0 heterocycles. The predicted molar refractivity (Wildman–Crippen MR) is 59.6 cm³/mol. The fraction of sp³-hybridized carbons (Fsp3) is 0.778. The van der Waals surface area contributed by atoms with Crippen LogP contribution in [0.3, 0.4) is 0 Å². The van der Waals surface area contributed by atoms with Gasteiger partial charge in [0.2, 0.25) is 5.91 Å². The third-order valence-electron chi connectivity index (χ3n) is 1.51. The van der Waals surface area contributed by atoms with Crippen LogP contribution >= 0.6 is 11.4 Å². The lowest BCUT2D eigenvalue weighted by atomic mass is 10.2. The zero-order valence-electron chi connectivity index (χ0n) is 8.74. The van der Waals surface area contributed by atoms with Crippen LogP contribution in [0.2, 0.25) is 0 Å². The average Bonchev–Trinajstić information content (AvgIpc) is 1.98. The third kappa shape index (κ3) is 6.78. The summed E-state index contributed by atoms with van der Waals surface area (Å²) < 4.78 is 0. The van der Waals surface area contributed by atoms with Crippen LogP contribution in [0.15, 0.2) is 0 Å². The molecular weight excluding hydrogens is 186 g/mol. The number of hydrogen-bond acceptors (Lipinski definition) is 1. The van der Waals surface area contributed by atoms with Gasteiger partial charge in [0, 0.05) is 13.6 Å². The van der Waals surface area contributed by atoms with E-state index in [9.17, 15) is 4.79 Å². The largest absolute Gasteiger partial charge is 0.360 e. The second kappa shape index (κ2) is 6.16. The first-order valence-electron chi connectivity index (χ1n) is 4.37. The number of thiol groups is 1.